The van der Waals surface area contributed by atoms with E-state index >= 15 is 0 Å². The van der Waals surface area contributed by atoms with Crippen molar-refractivity contribution < 1.29 is 13.2 Å². The molecule has 0 saturated carbocycles. The summed E-state index contributed by atoms with van der Waals surface area (Å²) >= 11 is 0. The number of hydrogen-bond acceptors (Lipinski definition) is 4. The van der Waals surface area contributed by atoms with E-state index in [1.165, 1.54) is 5.56 Å². The van der Waals surface area contributed by atoms with E-state index in [2.05, 4.69) is 38.1 Å². The summed E-state index contributed by atoms with van der Waals surface area (Å²) in [5.41, 5.74) is 7.97. The summed E-state index contributed by atoms with van der Waals surface area (Å²) in [6, 6.07) is 7.45. The molecular weight excluding hydrogens is 312 g/mol. The van der Waals surface area contributed by atoms with Gasteiger partial charge in [0.05, 0.1) is 11.8 Å². The standard InChI is InChI=1S/C17H28N2O3S/c1-13-6-8-14(9-7-13)17(2,3)12-19(4)16(20)15(18)10-11-23(5,21)22/h6-9,15H,10-12,18H2,1-5H3. The zero-order chi connectivity index (χ0) is 17.8. The second-order valence-electron chi connectivity index (χ2n) is 6.97. The Morgan fingerprint density at radius 1 is 1.26 bits per heavy atom. The van der Waals surface area contributed by atoms with E-state index in [1.807, 2.05) is 6.92 Å². The Morgan fingerprint density at radius 2 is 1.78 bits per heavy atom. The van der Waals surface area contributed by atoms with Crippen LogP contribution in [0.1, 0.15) is 31.4 Å². The maximum Gasteiger partial charge on any atom is 0.239 e. The number of carbonyl (C=O) groups excluding carboxylic acids is 1. The molecule has 5 nitrogen and oxygen atoms in total. The fraction of sp³-hybridized carbons (Fsp3) is 0.588. The Morgan fingerprint density at radius 3 is 2.26 bits per heavy atom. The molecule has 1 atom stereocenters. The molecule has 6 heteroatoms. The zero-order valence-corrected chi connectivity index (χ0v) is 15.5. The first kappa shape index (κ1) is 19.6. The van der Waals surface area contributed by atoms with Crippen LogP contribution in [0.2, 0.25) is 0 Å². The molecule has 0 aliphatic carbocycles. The third-order valence-electron chi connectivity index (χ3n) is 3.96. The second-order valence-corrected chi connectivity index (χ2v) is 9.23. The Hall–Kier alpha value is -1.40. The Kier molecular flexibility index (Phi) is 6.36. The number of benzene rings is 1. The maximum atomic E-state index is 12.3. The molecule has 0 fully saturated rings. The largest absolute Gasteiger partial charge is 0.344 e. The molecule has 0 aromatic heterocycles. The van der Waals surface area contributed by atoms with E-state index in [0.29, 0.717) is 6.54 Å². The van der Waals surface area contributed by atoms with E-state index in [4.69, 9.17) is 5.73 Å². The number of amides is 1. The van der Waals surface area contributed by atoms with Gasteiger partial charge in [-0.05, 0) is 18.9 Å². The Bertz CT molecular complexity index is 636. The van der Waals surface area contributed by atoms with Crippen molar-refractivity contribution in [3.05, 3.63) is 35.4 Å². The van der Waals surface area contributed by atoms with Crippen LogP contribution in [0.3, 0.4) is 0 Å². The lowest BCUT2D eigenvalue weighted by atomic mass is 9.83. The summed E-state index contributed by atoms with van der Waals surface area (Å²) in [6.07, 6.45) is 1.29. The number of carbonyl (C=O) groups is 1. The molecule has 0 saturated heterocycles. The van der Waals surface area contributed by atoms with Crippen molar-refractivity contribution in [3.8, 4) is 0 Å². The molecule has 1 aromatic rings. The summed E-state index contributed by atoms with van der Waals surface area (Å²) in [5.74, 6) is -0.302. The highest BCUT2D eigenvalue weighted by molar-refractivity contribution is 7.90. The van der Waals surface area contributed by atoms with Crippen LogP contribution in [-0.4, -0.2) is 50.9 Å². The van der Waals surface area contributed by atoms with Crippen LogP contribution in [0.25, 0.3) is 0 Å². The van der Waals surface area contributed by atoms with Crippen molar-refractivity contribution in [2.45, 2.75) is 38.6 Å². The smallest absolute Gasteiger partial charge is 0.239 e. The highest BCUT2D eigenvalue weighted by Crippen LogP contribution is 2.24. The number of nitrogens with zero attached hydrogens (tertiary/aromatic N) is 1. The second kappa shape index (κ2) is 7.45. The summed E-state index contributed by atoms with van der Waals surface area (Å²) < 4.78 is 22.4. The fourth-order valence-corrected chi connectivity index (χ4v) is 3.20. The number of aryl methyl sites for hydroxylation is 1. The third kappa shape index (κ3) is 6.31. The molecule has 0 heterocycles. The SMILES string of the molecule is Cc1ccc(C(C)(C)CN(C)C(=O)C(N)CCS(C)(=O)=O)cc1. The van der Waals surface area contributed by atoms with Crippen molar-refractivity contribution in [1.82, 2.24) is 4.90 Å². The number of likely N-dealkylation sites (N-methyl/N-ethyl adjacent to an activating group) is 1. The minimum Gasteiger partial charge on any atom is -0.344 e. The maximum absolute atomic E-state index is 12.3. The quantitative estimate of drug-likeness (QED) is 0.815. The first-order valence-corrected chi connectivity index (χ1v) is 9.74. The van der Waals surface area contributed by atoms with E-state index in [1.54, 1.807) is 11.9 Å². The van der Waals surface area contributed by atoms with Crippen molar-refractivity contribution >= 4 is 15.7 Å². The number of nitrogens with two attached hydrogens (primary N) is 1. The van der Waals surface area contributed by atoms with Crippen LogP contribution in [0.15, 0.2) is 24.3 Å². The van der Waals surface area contributed by atoms with Crippen LogP contribution in [-0.2, 0) is 20.0 Å². The first-order valence-electron chi connectivity index (χ1n) is 7.68. The summed E-state index contributed by atoms with van der Waals surface area (Å²) in [5, 5.41) is 0. The molecular formula is C17H28N2O3S. The predicted molar refractivity (Wildman–Crippen MR) is 94.1 cm³/mol. The first-order chi connectivity index (χ1) is 10.4. The Balaban J connectivity index is 2.71. The van der Waals surface area contributed by atoms with E-state index < -0.39 is 15.9 Å². The van der Waals surface area contributed by atoms with Gasteiger partial charge in [-0.3, -0.25) is 4.79 Å². The topological polar surface area (TPSA) is 80.5 Å². The van der Waals surface area contributed by atoms with Gasteiger partial charge >= 0.3 is 0 Å². The highest BCUT2D eigenvalue weighted by atomic mass is 32.2. The molecule has 1 rings (SSSR count). The van der Waals surface area contributed by atoms with Gasteiger partial charge in [-0.2, -0.15) is 0 Å². The van der Waals surface area contributed by atoms with Gasteiger partial charge in [0.2, 0.25) is 5.91 Å². The monoisotopic (exact) mass is 340 g/mol. The van der Waals surface area contributed by atoms with Gasteiger partial charge in [0, 0.05) is 25.3 Å². The summed E-state index contributed by atoms with van der Waals surface area (Å²) in [4.78, 5) is 13.9. The van der Waals surface area contributed by atoms with Crippen molar-refractivity contribution in [1.29, 1.82) is 0 Å². The lowest BCUT2D eigenvalue weighted by Gasteiger charge is -2.32. The third-order valence-corrected chi connectivity index (χ3v) is 4.94. The van der Waals surface area contributed by atoms with Gasteiger partial charge < -0.3 is 10.6 Å². The average molecular weight is 340 g/mol. The molecule has 1 amide bonds. The van der Waals surface area contributed by atoms with Gasteiger partial charge in [-0.25, -0.2) is 8.42 Å². The van der Waals surface area contributed by atoms with Gasteiger partial charge in [0.25, 0.3) is 0 Å². The van der Waals surface area contributed by atoms with Crippen LogP contribution in [0.5, 0.6) is 0 Å². The average Bonchev–Trinajstić information content (AvgIpc) is 2.43. The molecule has 0 aliphatic rings. The molecule has 0 radical (unpaired) electrons. The molecule has 130 valence electrons. The van der Waals surface area contributed by atoms with Crippen LogP contribution in [0.4, 0.5) is 0 Å². The lowest BCUT2D eigenvalue weighted by Crippen LogP contribution is -2.46. The normalized spacial score (nSPS) is 13.7. The van der Waals surface area contributed by atoms with E-state index in [9.17, 15) is 13.2 Å². The molecule has 2 N–H and O–H groups in total. The number of rotatable bonds is 7. The molecule has 1 aromatic carbocycles. The van der Waals surface area contributed by atoms with Crippen molar-refractivity contribution in [2.75, 3.05) is 25.6 Å². The van der Waals surface area contributed by atoms with E-state index in [-0.39, 0.29) is 23.5 Å². The molecule has 23 heavy (non-hydrogen) atoms. The minimum absolute atomic E-state index is 0.0743. The molecule has 0 bridgehead atoms. The summed E-state index contributed by atoms with van der Waals surface area (Å²) in [6.45, 7) is 6.70. The van der Waals surface area contributed by atoms with Gasteiger partial charge in [0.1, 0.15) is 9.84 Å². The zero-order valence-electron chi connectivity index (χ0n) is 14.7. The van der Waals surface area contributed by atoms with Crippen LogP contribution in [0, 0.1) is 6.92 Å². The number of sulfone groups is 1. The fourth-order valence-electron chi connectivity index (χ4n) is 2.51. The number of hydrogen-bond donors (Lipinski definition) is 1. The van der Waals surface area contributed by atoms with Crippen molar-refractivity contribution in [2.24, 2.45) is 5.73 Å². The highest BCUT2D eigenvalue weighted by Gasteiger charge is 2.27. The molecule has 0 spiro atoms. The molecule has 1 unspecified atom stereocenters. The van der Waals surface area contributed by atoms with Gasteiger partial charge in [0.15, 0.2) is 0 Å². The van der Waals surface area contributed by atoms with E-state index in [0.717, 1.165) is 11.8 Å². The lowest BCUT2D eigenvalue weighted by molar-refractivity contribution is -0.132. The summed E-state index contributed by atoms with van der Waals surface area (Å²) in [7, 11) is -1.40. The van der Waals surface area contributed by atoms with Gasteiger partial charge in [-0.1, -0.05) is 43.7 Å². The van der Waals surface area contributed by atoms with Crippen LogP contribution >= 0.6 is 0 Å². The van der Waals surface area contributed by atoms with Crippen molar-refractivity contribution in [3.63, 3.8) is 0 Å². The van der Waals surface area contributed by atoms with Gasteiger partial charge in [-0.15, -0.1) is 0 Å². The Labute approximate surface area is 139 Å². The van der Waals surface area contributed by atoms with Crippen LogP contribution < -0.4 is 5.73 Å². The predicted octanol–water partition coefficient (Wildman–Crippen LogP) is 1.49. The molecule has 0 aliphatic heterocycles. The minimum atomic E-state index is -3.11.